The van der Waals surface area contributed by atoms with Crippen molar-refractivity contribution in [2.45, 2.75) is 20.0 Å². The fourth-order valence-electron chi connectivity index (χ4n) is 1.62. The van der Waals surface area contributed by atoms with E-state index in [1.54, 1.807) is 11.3 Å². The van der Waals surface area contributed by atoms with Crippen molar-refractivity contribution in [1.82, 2.24) is 0 Å². The number of rotatable bonds is 2. The molecule has 0 aliphatic rings. The van der Waals surface area contributed by atoms with Crippen LogP contribution in [0, 0.1) is 13.8 Å². The van der Waals surface area contributed by atoms with E-state index in [0.29, 0.717) is 0 Å². The molecule has 0 saturated heterocycles. The van der Waals surface area contributed by atoms with E-state index in [-0.39, 0.29) is 0 Å². The van der Waals surface area contributed by atoms with Gasteiger partial charge in [-0.2, -0.15) is 0 Å². The van der Waals surface area contributed by atoms with Gasteiger partial charge in [-0.05, 0) is 53.0 Å². The van der Waals surface area contributed by atoms with E-state index in [1.165, 1.54) is 4.88 Å². The average Bonchev–Trinajstić information content (AvgIpc) is 2.62. The van der Waals surface area contributed by atoms with E-state index in [2.05, 4.69) is 15.9 Å². The van der Waals surface area contributed by atoms with E-state index < -0.39 is 6.10 Å². The number of benzene rings is 1. The van der Waals surface area contributed by atoms with Gasteiger partial charge in [-0.15, -0.1) is 11.3 Å². The topological polar surface area (TPSA) is 20.2 Å². The van der Waals surface area contributed by atoms with E-state index in [0.717, 1.165) is 25.5 Å². The molecule has 0 amide bonds. The first-order valence-corrected chi connectivity index (χ1v) is 7.17. The quantitative estimate of drug-likeness (QED) is 0.833. The molecule has 1 aromatic carbocycles. The van der Waals surface area contributed by atoms with Gasteiger partial charge in [0.05, 0.1) is 0 Å². The molecular formula is C13H12BrClOS. The lowest BCUT2D eigenvalue weighted by Gasteiger charge is -2.10. The Morgan fingerprint density at radius 2 is 2.00 bits per heavy atom. The molecule has 1 N–H and O–H groups in total. The Labute approximate surface area is 118 Å². The fourth-order valence-corrected chi connectivity index (χ4v) is 3.31. The van der Waals surface area contributed by atoms with Crippen LogP contribution in [0.5, 0.6) is 0 Å². The van der Waals surface area contributed by atoms with Crippen LogP contribution in [0.2, 0.25) is 5.02 Å². The summed E-state index contributed by atoms with van der Waals surface area (Å²) in [5.74, 6) is 0. The Morgan fingerprint density at radius 3 is 2.53 bits per heavy atom. The molecule has 1 unspecified atom stereocenters. The minimum Gasteiger partial charge on any atom is -0.383 e. The van der Waals surface area contributed by atoms with E-state index >= 15 is 0 Å². The summed E-state index contributed by atoms with van der Waals surface area (Å²) in [5, 5.41) is 11.0. The van der Waals surface area contributed by atoms with Crippen molar-refractivity contribution in [3.63, 3.8) is 0 Å². The maximum atomic E-state index is 10.3. The summed E-state index contributed by atoms with van der Waals surface area (Å²) < 4.78 is 1.04. The highest BCUT2D eigenvalue weighted by Crippen LogP contribution is 2.34. The molecule has 0 aliphatic carbocycles. The van der Waals surface area contributed by atoms with Crippen molar-refractivity contribution in [2.24, 2.45) is 0 Å². The first-order chi connectivity index (χ1) is 7.99. The molecule has 2 aromatic rings. The predicted octanol–water partition coefficient (Wildman–Crippen LogP) is 4.86. The van der Waals surface area contributed by atoms with Crippen molar-refractivity contribution >= 4 is 38.9 Å². The largest absolute Gasteiger partial charge is 0.383 e. The molecule has 1 nitrogen and oxygen atoms in total. The average molecular weight is 332 g/mol. The van der Waals surface area contributed by atoms with Crippen molar-refractivity contribution in [2.75, 3.05) is 0 Å². The Kier molecular flexibility index (Phi) is 3.93. The second-order valence-electron chi connectivity index (χ2n) is 3.96. The molecule has 90 valence electrons. The van der Waals surface area contributed by atoms with E-state index in [4.69, 9.17) is 11.6 Å². The highest BCUT2D eigenvalue weighted by atomic mass is 79.9. The monoisotopic (exact) mass is 330 g/mol. The highest BCUT2D eigenvalue weighted by molar-refractivity contribution is 9.10. The zero-order chi connectivity index (χ0) is 12.6. The first-order valence-electron chi connectivity index (χ1n) is 5.19. The van der Waals surface area contributed by atoms with Gasteiger partial charge in [0.15, 0.2) is 0 Å². The van der Waals surface area contributed by atoms with Crippen LogP contribution in [0.4, 0.5) is 0 Å². The van der Waals surface area contributed by atoms with Gasteiger partial charge in [-0.1, -0.05) is 23.7 Å². The lowest BCUT2D eigenvalue weighted by atomic mass is 10.1. The predicted molar refractivity (Wildman–Crippen MR) is 77.0 cm³/mol. The highest BCUT2D eigenvalue weighted by Gasteiger charge is 2.15. The third kappa shape index (κ3) is 2.74. The number of halogens is 2. The van der Waals surface area contributed by atoms with Gasteiger partial charge in [0, 0.05) is 19.2 Å². The van der Waals surface area contributed by atoms with E-state index in [1.807, 2.05) is 38.1 Å². The van der Waals surface area contributed by atoms with Gasteiger partial charge >= 0.3 is 0 Å². The number of aryl methyl sites for hydroxylation is 2. The summed E-state index contributed by atoms with van der Waals surface area (Å²) in [7, 11) is 0. The lowest BCUT2D eigenvalue weighted by molar-refractivity contribution is 0.224. The maximum absolute atomic E-state index is 10.3. The van der Waals surface area contributed by atoms with Gasteiger partial charge < -0.3 is 5.11 Å². The minimum atomic E-state index is -0.582. The van der Waals surface area contributed by atoms with E-state index in [9.17, 15) is 5.11 Å². The van der Waals surface area contributed by atoms with Crippen LogP contribution >= 0.6 is 38.9 Å². The van der Waals surface area contributed by atoms with Crippen molar-refractivity contribution in [1.29, 1.82) is 0 Å². The van der Waals surface area contributed by atoms with Crippen molar-refractivity contribution in [3.05, 3.63) is 54.6 Å². The van der Waals surface area contributed by atoms with Crippen LogP contribution < -0.4 is 0 Å². The summed E-state index contributed by atoms with van der Waals surface area (Å²) in [6.07, 6.45) is -0.582. The zero-order valence-corrected chi connectivity index (χ0v) is 12.7. The molecule has 2 rings (SSSR count). The molecule has 1 aromatic heterocycles. The SMILES string of the molecule is Cc1cc(C(O)c2cc(Br)c(C)s2)ccc1Cl. The standard InChI is InChI=1S/C13H12BrClOS/c1-7-5-9(3-4-11(7)15)13(16)12-6-10(14)8(2)17-12/h3-6,13,16H,1-2H3. The Hall–Kier alpha value is -0.350. The molecule has 4 heteroatoms. The first kappa shape index (κ1) is 13.1. The summed E-state index contributed by atoms with van der Waals surface area (Å²) in [5.41, 5.74) is 1.86. The van der Waals surface area contributed by atoms with Crippen LogP contribution in [0.15, 0.2) is 28.7 Å². The molecule has 0 saturated carbocycles. The van der Waals surface area contributed by atoms with Gasteiger partial charge in [-0.3, -0.25) is 0 Å². The van der Waals surface area contributed by atoms with Crippen molar-refractivity contribution in [3.8, 4) is 0 Å². The third-order valence-electron chi connectivity index (χ3n) is 2.64. The van der Waals surface area contributed by atoms with Crippen LogP contribution in [0.25, 0.3) is 0 Å². The molecular weight excluding hydrogens is 320 g/mol. The summed E-state index contributed by atoms with van der Waals surface area (Å²) >= 11 is 11.0. The zero-order valence-electron chi connectivity index (χ0n) is 9.50. The molecule has 1 heterocycles. The maximum Gasteiger partial charge on any atom is 0.113 e. The van der Waals surface area contributed by atoms with Gasteiger partial charge in [-0.25, -0.2) is 0 Å². The Balaban J connectivity index is 2.36. The Bertz CT molecular complexity index is 531. The number of hydrogen-bond acceptors (Lipinski definition) is 2. The van der Waals surface area contributed by atoms with Crippen LogP contribution in [0.3, 0.4) is 0 Å². The fraction of sp³-hybridized carbons (Fsp3) is 0.231. The normalized spacial score (nSPS) is 12.8. The molecule has 0 radical (unpaired) electrons. The molecule has 0 fully saturated rings. The van der Waals surface area contributed by atoms with Gasteiger partial charge in [0.25, 0.3) is 0 Å². The second-order valence-corrected chi connectivity index (χ2v) is 6.51. The third-order valence-corrected chi connectivity index (χ3v) is 5.26. The van der Waals surface area contributed by atoms with Gasteiger partial charge in [0.1, 0.15) is 6.10 Å². The summed E-state index contributed by atoms with van der Waals surface area (Å²) in [4.78, 5) is 2.11. The van der Waals surface area contributed by atoms with Crippen molar-refractivity contribution < 1.29 is 5.11 Å². The number of thiophene rings is 1. The summed E-state index contributed by atoms with van der Waals surface area (Å²) in [6.45, 7) is 3.96. The molecule has 17 heavy (non-hydrogen) atoms. The van der Waals surface area contributed by atoms with Gasteiger partial charge in [0.2, 0.25) is 0 Å². The smallest absolute Gasteiger partial charge is 0.113 e. The minimum absolute atomic E-state index is 0.582. The summed E-state index contributed by atoms with van der Waals surface area (Å²) in [6, 6.07) is 7.58. The van der Waals surface area contributed by atoms with Crippen LogP contribution in [-0.4, -0.2) is 5.11 Å². The Morgan fingerprint density at radius 1 is 1.29 bits per heavy atom. The van der Waals surface area contributed by atoms with Crippen LogP contribution in [-0.2, 0) is 0 Å². The lowest BCUT2D eigenvalue weighted by Crippen LogP contribution is -1.97. The molecule has 1 atom stereocenters. The second kappa shape index (κ2) is 5.11. The molecule has 0 spiro atoms. The van der Waals surface area contributed by atoms with Crippen LogP contribution in [0.1, 0.15) is 27.0 Å². The number of aliphatic hydroxyl groups is 1. The molecule has 0 bridgehead atoms. The number of hydrogen-bond donors (Lipinski definition) is 1. The molecule has 0 aliphatic heterocycles. The number of aliphatic hydroxyl groups excluding tert-OH is 1.